The highest BCUT2D eigenvalue weighted by Gasteiger charge is 2.23. The molecule has 1 fully saturated rings. The van der Waals surface area contributed by atoms with Crippen LogP contribution >= 0.6 is 0 Å². The van der Waals surface area contributed by atoms with Gasteiger partial charge in [-0.25, -0.2) is 0 Å². The van der Waals surface area contributed by atoms with Crippen molar-refractivity contribution in [3.05, 3.63) is 11.8 Å². The van der Waals surface area contributed by atoms with Gasteiger partial charge >= 0.3 is 0 Å². The molecule has 1 aromatic rings. The molecule has 2 N–H and O–H groups in total. The Hall–Kier alpha value is -1.67. The molecule has 0 bridgehead atoms. The highest BCUT2D eigenvalue weighted by Crippen LogP contribution is 2.29. The van der Waals surface area contributed by atoms with Crippen LogP contribution in [-0.4, -0.2) is 42.2 Å². The van der Waals surface area contributed by atoms with Crippen molar-refractivity contribution in [2.45, 2.75) is 27.3 Å². The van der Waals surface area contributed by atoms with Gasteiger partial charge in [0.05, 0.1) is 5.69 Å². The molecular weight excluding hydrogens is 250 g/mol. The summed E-state index contributed by atoms with van der Waals surface area (Å²) in [6.45, 7) is 12.5. The first kappa shape index (κ1) is 14.7. The summed E-state index contributed by atoms with van der Waals surface area (Å²) in [4.78, 5) is 4.76. The van der Waals surface area contributed by atoms with E-state index in [2.05, 4.69) is 41.2 Å². The Kier molecular flexibility index (Phi) is 4.56. The summed E-state index contributed by atoms with van der Waals surface area (Å²) >= 11 is 0. The number of nitrogen functional groups attached to an aromatic ring is 1. The number of piperazine rings is 1. The molecule has 0 saturated carbocycles. The van der Waals surface area contributed by atoms with Gasteiger partial charge in [-0.05, 0) is 18.5 Å². The van der Waals surface area contributed by atoms with Crippen LogP contribution in [0.1, 0.15) is 26.5 Å². The first-order chi connectivity index (χ1) is 9.56. The van der Waals surface area contributed by atoms with E-state index in [1.165, 1.54) is 0 Å². The predicted octanol–water partition coefficient (Wildman–Crippen LogP) is 1.74. The molecule has 0 spiro atoms. The molecule has 5 heteroatoms. The van der Waals surface area contributed by atoms with E-state index in [1.807, 2.05) is 6.07 Å². The Morgan fingerprint density at radius 2 is 1.95 bits per heavy atom. The van der Waals surface area contributed by atoms with Crippen LogP contribution < -0.4 is 10.6 Å². The van der Waals surface area contributed by atoms with Gasteiger partial charge in [-0.2, -0.15) is 5.26 Å². The topological polar surface area (TPSA) is 61.2 Å². The van der Waals surface area contributed by atoms with Gasteiger partial charge in [0.2, 0.25) is 0 Å². The molecule has 0 aromatic carbocycles. The Bertz CT molecular complexity index is 489. The lowest BCUT2D eigenvalue weighted by molar-refractivity contribution is 0.269. The average Bonchev–Trinajstić information content (AvgIpc) is 2.74. The molecule has 0 radical (unpaired) electrons. The van der Waals surface area contributed by atoms with Crippen LogP contribution in [0.5, 0.6) is 0 Å². The second kappa shape index (κ2) is 6.19. The SMILES string of the molecule is CCN1CCN(c2c(N)cc(C#N)n2CC(C)C)CC1. The maximum Gasteiger partial charge on any atom is 0.133 e. The quantitative estimate of drug-likeness (QED) is 0.909. The number of hydrogen-bond donors (Lipinski definition) is 1. The van der Waals surface area contributed by atoms with Crippen molar-refractivity contribution in [3.63, 3.8) is 0 Å². The number of nitrogens with two attached hydrogens (primary N) is 1. The van der Waals surface area contributed by atoms with E-state index >= 15 is 0 Å². The lowest BCUT2D eigenvalue weighted by Crippen LogP contribution is -2.47. The van der Waals surface area contributed by atoms with Crippen LogP contribution in [0.3, 0.4) is 0 Å². The minimum atomic E-state index is 0.490. The second-order valence-corrected chi connectivity index (χ2v) is 5.85. The van der Waals surface area contributed by atoms with Gasteiger partial charge in [-0.1, -0.05) is 20.8 Å². The molecule has 1 aromatic heterocycles. The summed E-state index contributed by atoms with van der Waals surface area (Å²) in [6, 6.07) is 4.08. The van der Waals surface area contributed by atoms with Crippen molar-refractivity contribution in [1.82, 2.24) is 9.47 Å². The lowest BCUT2D eigenvalue weighted by Gasteiger charge is -2.36. The van der Waals surface area contributed by atoms with Crippen molar-refractivity contribution < 1.29 is 0 Å². The van der Waals surface area contributed by atoms with Gasteiger partial charge < -0.3 is 20.1 Å². The number of aromatic nitrogens is 1. The first-order valence-corrected chi connectivity index (χ1v) is 7.43. The highest BCUT2D eigenvalue weighted by atomic mass is 15.3. The van der Waals surface area contributed by atoms with E-state index in [9.17, 15) is 5.26 Å². The van der Waals surface area contributed by atoms with Gasteiger partial charge in [-0.3, -0.25) is 0 Å². The number of nitriles is 1. The van der Waals surface area contributed by atoms with Crippen LogP contribution in [0.25, 0.3) is 0 Å². The van der Waals surface area contributed by atoms with Gasteiger partial charge in [-0.15, -0.1) is 0 Å². The summed E-state index contributed by atoms with van der Waals surface area (Å²) in [6.07, 6.45) is 0. The average molecular weight is 275 g/mol. The van der Waals surface area contributed by atoms with Crippen LogP contribution in [0, 0.1) is 17.2 Å². The normalized spacial score (nSPS) is 16.6. The van der Waals surface area contributed by atoms with Crippen molar-refractivity contribution in [2.75, 3.05) is 43.4 Å². The smallest absolute Gasteiger partial charge is 0.133 e. The molecule has 20 heavy (non-hydrogen) atoms. The van der Waals surface area contributed by atoms with Crippen LogP contribution in [0.2, 0.25) is 0 Å². The molecule has 5 nitrogen and oxygen atoms in total. The number of anilines is 2. The summed E-state index contributed by atoms with van der Waals surface area (Å²) in [5.41, 5.74) is 7.56. The van der Waals surface area contributed by atoms with Crippen molar-refractivity contribution >= 4 is 11.5 Å². The van der Waals surface area contributed by atoms with Gasteiger partial charge in [0.25, 0.3) is 0 Å². The maximum atomic E-state index is 9.29. The molecule has 0 atom stereocenters. The zero-order valence-electron chi connectivity index (χ0n) is 12.8. The third-order valence-electron chi connectivity index (χ3n) is 3.88. The minimum absolute atomic E-state index is 0.490. The number of rotatable bonds is 4. The molecule has 1 saturated heterocycles. The molecule has 0 unspecified atom stereocenters. The van der Waals surface area contributed by atoms with Gasteiger partial charge in [0, 0.05) is 32.7 Å². The fraction of sp³-hybridized carbons (Fsp3) is 0.667. The molecule has 1 aliphatic rings. The zero-order valence-corrected chi connectivity index (χ0v) is 12.8. The highest BCUT2D eigenvalue weighted by molar-refractivity contribution is 5.68. The molecule has 1 aliphatic heterocycles. The Morgan fingerprint density at radius 1 is 1.30 bits per heavy atom. The third-order valence-corrected chi connectivity index (χ3v) is 3.88. The third kappa shape index (κ3) is 2.91. The van der Waals surface area contributed by atoms with Crippen LogP contribution in [-0.2, 0) is 6.54 Å². The lowest BCUT2D eigenvalue weighted by atomic mass is 10.2. The van der Waals surface area contributed by atoms with Crippen molar-refractivity contribution in [3.8, 4) is 6.07 Å². The summed E-state index contributed by atoms with van der Waals surface area (Å²) in [5.74, 6) is 1.52. The zero-order chi connectivity index (χ0) is 14.7. The van der Waals surface area contributed by atoms with E-state index in [1.54, 1.807) is 0 Å². The van der Waals surface area contributed by atoms with E-state index < -0.39 is 0 Å². The summed E-state index contributed by atoms with van der Waals surface area (Å²) < 4.78 is 2.08. The van der Waals surface area contributed by atoms with E-state index in [-0.39, 0.29) is 0 Å². The molecule has 0 amide bonds. The monoisotopic (exact) mass is 275 g/mol. The number of hydrogen-bond acceptors (Lipinski definition) is 4. The first-order valence-electron chi connectivity index (χ1n) is 7.43. The minimum Gasteiger partial charge on any atom is -0.396 e. The van der Waals surface area contributed by atoms with Crippen LogP contribution in [0.15, 0.2) is 6.07 Å². The van der Waals surface area contributed by atoms with Crippen molar-refractivity contribution in [2.24, 2.45) is 5.92 Å². The number of likely N-dealkylation sites (N-methyl/N-ethyl adjacent to an activating group) is 1. The van der Waals surface area contributed by atoms with Gasteiger partial charge in [0.1, 0.15) is 17.6 Å². The number of nitrogens with zero attached hydrogens (tertiary/aromatic N) is 4. The Labute approximate surface area is 121 Å². The van der Waals surface area contributed by atoms with Crippen molar-refractivity contribution in [1.29, 1.82) is 5.26 Å². The fourth-order valence-corrected chi connectivity index (χ4v) is 2.83. The van der Waals surface area contributed by atoms with Crippen LogP contribution in [0.4, 0.5) is 11.5 Å². The Balaban J connectivity index is 2.27. The molecule has 2 heterocycles. The summed E-state index contributed by atoms with van der Waals surface area (Å²) in [7, 11) is 0. The maximum absolute atomic E-state index is 9.29. The van der Waals surface area contributed by atoms with Gasteiger partial charge in [0.15, 0.2) is 0 Å². The molecule has 0 aliphatic carbocycles. The molecule has 110 valence electrons. The Morgan fingerprint density at radius 3 is 2.45 bits per heavy atom. The predicted molar refractivity (Wildman–Crippen MR) is 82.7 cm³/mol. The molecular formula is C15H25N5. The fourth-order valence-electron chi connectivity index (χ4n) is 2.83. The largest absolute Gasteiger partial charge is 0.396 e. The second-order valence-electron chi connectivity index (χ2n) is 5.85. The van der Waals surface area contributed by atoms with E-state index in [4.69, 9.17) is 5.73 Å². The standard InChI is InChI=1S/C15H25N5/c1-4-18-5-7-19(8-6-18)15-14(17)9-13(10-16)20(15)11-12(2)3/h9,12H,4-8,11,17H2,1-3H3. The van der Waals surface area contributed by atoms with E-state index in [0.29, 0.717) is 11.6 Å². The molecule has 2 rings (SSSR count). The van der Waals surface area contributed by atoms with E-state index in [0.717, 1.165) is 50.8 Å². The summed E-state index contributed by atoms with van der Waals surface area (Å²) in [5, 5.41) is 9.29.